The van der Waals surface area contributed by atoms with E-state index in [9.17, 15) is 4.79 Å². The zero-order valence-corrected chi connectivity index (χ0v) is 14.6. The fourth-order valence-corrected chi connectivity index (χ4v) is 3.02. The van der Waals surface area contributed by atoms with Gasteiger partial charge < -0.3 is 10.2 Å². The molecule has 0 atom stereocenters. The van der Waals surface area contributed by atoms with Gasteiger partial charge in [-0.15, -0.1) is 0 Å². The lowest BCUT2D eigenvalue weighted by Gasteiger charge is -2.35. The van der Waals surface area contributed by atoms with E-state index in [2.05, 4.69) is 10.2 Å². The Morgan fingerprint density at radius 3 is 2.50 bits per heavy atom. The highest BCUT2D eigenvalue weighted by Gasteiger charge is 2.21. The lowest BCUT2D eigenvalue weighted by molar-refractivity contribution is 0.139. The third-order valence-electron chi connectivity index (χ3n) is 3.78. The molecule has 1 aromatic carbocycles. The first-order chi connectivity index (χ1) is 10.5. The Morgan fingerprint density at radius 2 is 1.91 bits per heavy atom. The minimum Gasteiger partial charge on any atom is -0.336 e. The molecule has 0 aliphatic carbocycles. The highest BCUT2D eigenvalue weighted by atomic mass is 35.5. The summed E-state index contributed by atoms with van der Waals surface area (Å²) in [5.41, 5.74) is 1.12. The average Bonchev–Trinajstić information content (AvgIpc) is 2.46. The number of carbonyl (C=O) groups is 1. The molecule has 4 nitrogen and oxygen atoms in total. The number of urea groups is 1. The summed E-state index contributed by atoms with van der Waals surface area (Å²) in [4.78, 5) is 16.2. The zero-order valence-electron chi connectivity index (χ0n) is 13.1. The van der Waals surface area contributed by atoms with Crippen LogP contribution in [0.3, 0.4) is 0 Å². The first-order valence-corrected chi connectivity index (χ1v) is 8.43. The van der Waals surface area contributed by atoms with E-state index in [1.165, 1.54) is 0 Å². The molecule has 0 spiro atoms. The Balaban J connectivity index is 1.77. The number of benzene rings is 1. The van der Waals surface area contributed by atoms with E-state index in [1.807, 2.05) is 30.9 Å². The van der Waals surface area contributed by atoms with Crippen molar-refractivity contribution in [3.8, 4) is 0 Å². The molecule has 2 rings (SSSR count). The van der Waals surface area contributed by atoms with Gasteiger partial charge in [0.2, 0.25) is 0 Å². The third-order valence-corrected chi connectivity index (χ3v) is 4.37. The summed E-state index contributed by atoms with van der Waals surface area (Å²) in [7, 11) is 0. The number of carbonyl (C=O) groups excluding carboxylic acids is 1. The zero-order chi connectivity index (χ0) is 16.1. The van der Waals surface area contributed by atoms with Crippen molar-refractivity contribution in [2.75, 3.05) is 32.7 Å². The fraction of sp³-hybridized carbons (Fsp3) is 0.562. The molecule has 0 aromatic heterocycles. The van der Waals surface area contributed by atoms with E-state index in [0.717, 1.165) is 49.7 Å². The largest absolute Gasteiger partial charge is 0.336 e. The van der Waals surface area contributed by atoms with Crippen LogP contribution in [0.2, 0.25) is 10.0 Å². The van der Waals surface area contributed by atoms with Gasteiger partial charge in [-0.2, -0.15) is 0 Å². The number of piperazine rings is 1. The molecule has 0 bridgehead atoms. The van der Waals surface area contributed by atoms with Crippen LogP contribution in [0.15, 0.2) is 18.2 Å². The van der Waals surface area contributed by atoms with Gasteiger partial charge in [0.1, 0.15) is 0 Å². The number of halogens is 2. The Bertz CT molecular complexity index is 514. The Hall–Kier alpha value is -0.970. The van der Waals surface area contributed by atoms with Crippen molar-refractivity contribution in [2.24, 2.45) is 0 Å². The van der Waals surface area contributed by atoms with Crippen LogP contribution in [0, 0.1) is 0 Å². The smallest absolute Gasteiger partial charge is 0.317 e. The van der Waals surface area contributed by atoms with Crippen LogP contribution in [-0.4, -0.2) is 54.6 Å². The van der Waals surface area contributed by atoms with Gasteiger partial charge in [0.05, 0.1) is 0 Å². The molecule has 1 N–H and O–H groups in total. The summed E-state index contributed by atoms with van der Waals surface area (Å²) in [6.45, 7) is 8.24. The van der Waals surface area contributed by atoms with Gasteiger partial charge in [-0.05, 0) is 38.0 Å². The number of hydrogen-bond acceptors (Lipinski definition) is 2. The maximum Gasteiger partial charge on any atom is 0.317 e. The second-order valence-corrected chi connectivity index (χ2v) is 6.76. The van der Waals surface area contributed by atoms with Crippen LogP contribution in [0.4, 0.5) is 4.79 Å². The number of rotatable bonds is 4. The Morgan fingerprint density at radius 1 is 1.23 bits per heavy atom. The topological polar surface area (TPSA) is 35.6 Å². The van der Waals surface area contributed by atoms with Crippen molar-refractivity contribution in [3.63, 3.8) is 0 Å². The predicted octanol–water partition coefficient (Wildman–Crippen LogP) is 3.27. The first-order valence-electron chi connectivity index (χ1n) is 7.67. The molecule has 1 aromatic rings. The first kappa shape index (κ1) is 17.4. The third kappa shape index (κ3) is 5.04. The number of nitrogens with zero attached hydrogens (tertiary/aromatic N) is 2. The van der Waals surface area contributed by atoms with E-state index in [1.54, 1.807) is 6.07 Å². The number of hydrogen-bond donors (Lipinski definition) is 1. The highest BCUT2D eigenvalue weighted by Crippen LogP contribution is 2.21. The van der Waals surface area contributed by atoms with Crippen LogP contribution in [0.1, 0.15) is 19.4 Å². The van der Waals surface area contributed by atoms with E-state index in [4.69, 9.17) is 23.2 Å². The number of amides is 2. The van der Waals surface area contributed by atoms with Crippen molar-refractivity contribution in [3.05, 3.63) is 33.8 Å². The molecular weight excluding hydrogens is 321 g/mol. The molecule has 1 aliphatic heterocycles. The minimum atomic E-state index is 0.0374. The lowest BCUT2D eigenvalue weighted by Crippen LogP contribution is -2.53. The second-order valence-electron chi connectivity index (χ2n) is 5.92. The molecule has 1 fully saturated rings. The van der Waals surface area contributed by atoms with Crippen molar-refractivity contribution in [1.29, 1.82) is 0 Å². The van der Waals surface area contributed by atoms with Gasteiger partial charge in [-0.1, -0.05) is 29.3 Å². The quantitative estimate of drug-likeness (QED) is 0.910. The predicted molar refractivity (Wildman–Crippen MR) is 91.8 cm³/mol. The van der Waals surface area contributed by atoms with E-state index < -0.39 is 0 Å². The summed E-state index contributed by atoms with van der Waals surface area (Å²) in [6, 6.07) is 5.86. The molecule has 0 saturated carbocycles. The van der Waals surface area contributed by atoms with E-state index >= 15 is 0 Å². The monoisotopic (exact) mass is 343 g/mol. The summed E-state index contributed by atoms with van der Waals surface area (Å²) in [5, 5.41) is 4.33. The van der Waals surface area contributed by atoms with Gasteiger partial charge in [0.15, 0.2) is 0 Å². The second kappa shape index (κ2) is 8.04. The Labute approximate surface area is 142 Å². The summed E-state index contributed by atoms with van der Waals surface area (Å²) in [5.74, 6) is 0. The van der Waals surface area contributed by atoms with Gasteiger partial charge in [-0.3, -0.25) is 4.90 Å². The van der Waals surface area contributed by atoms with Crippen LogP contribution in [0.5, 0.6) is 0 Å². The molecule has 2 amide bonds. The number of nitrogens with one attached hydrogen (secondary N) is 1. The highest BCUT2D eigenvalue weighted by molar-refractivity contribution is 6.35. The van der Waals surface area contributed by atoms with Crippen molar-refractivity contribution >= 4 is 29.2 Å². The molecule has 22 heavy (non-hydrogen) atoms. The van der Waals surface area contributed by atoms with Crippen LogP contribution in [0.25, 0.3) is 0 Å². The van der Waals surface area contributed by atoms with Gasteiger partial charge in [0.25, 0.3) is 0 Å². The standard InChI is InChI=1S/C16H23Cl2N3O/c1-12(2)19-16(22)21-9-7-20(8-10-21)6-5-13-3-4-14(17)11-15(13)18/h3-4,11-12H,5-10H2,1-2H3,(H,19,22). The molecule has 0 radical (unpaired) electrons. The normalized spacial score (nSPS) is 16.1. The molecule has 1 aliphatic rings. The molecule has 0 unspecified atom stereocenters. The van der Waals surface area contributed by atoms with Gasteiger partial charge >= 0.3 is 6.03 Å². The van der Waals surface area contributed by atoms with Gasteiger partial charge in [-0.25, -0.2) is 4.79 Å². The molecule has 1 heterocycles. The van der Waals surface area contributed by atoms with Crippen LogP contribution in [-0.2, 0) is 6.42 Å². The maximum absolute atomic E-state index is 11.9. The van der Waals surface area contributed by atoms with Crippen LogP contribution < -0.4 is 5.32 Å². The van der Waals surface area contributed by atoms with E-state index in [-0.39, 0.29) is 12.1 Å². The lowest BCUT2D eigenvalue weighted by atomic mass is 10.1. The molecule has 122 valence electrons. The van der Waals surface area contributed by atoms with Crippen molar-refractivity contribution < 1.29 is 4.79 Å². The molecule has 6 heteroatoms. The van der Waals surface area contributed by atoms with E-state index in [0.29, 0.717) is 5.02 Å². The van der Waals surface area contributed by atoms with Gasteiger partial charge in [0, 0.05) is 48.8 Å². The molecule has 1 saturated heterocycles. The molecular formula is C16H23Cl2N3O. The Kier molecular flexibility index (Phi) is 6.36. The average molecular weight is 344 g/mol. The van der Waals surface area contributed by atoms with Crippen molar-refractivity contribution in [2.45, 2.75) is 26.3 Å². The summed E-state index contributed by atoms with van der Waals surface area (Å²) < 4.78 is 0. The summed E-state index contributed by atoms with van der Waals surface area (Å²) in [6.07, 6.45) is 0.897. The maximum atomic E-state index is 11.9. The fourth-order valence-electron chi connectivity index (χ4n) is 2.52. The minimum absolute atomic E-state index is 0.0374. The SMILES string of the molecule is CC(C)NC(=O)N1CCN(CCc2ccc(Cl)cc2Cl)CC1. The van der Waals surface area contributed by atoms with Crippen LogP contribution >= 0.6 is 23.2 Å². The summed E-state index contributed by atoms with van der Waals surface area (Å²) >= 11 is 12.1. The van der Waals surface area contributed by atoms with Crippen molar-refractivity contribution in [1.82, 2.24) is 15.1 Å².